The van der Waals surface area contributed by atoms with E-state index in [1.54, 1.807) is 7.11 Å². The molecule has 2 heterocycles. The third kappa shape index (κ3) is 4.77. The lowest BCUT2D eigenvalue weighted by Crippen LogP contribution is -2.18. The molecule has 3 aromatic rings. The van der Waals surface area contributed by atoms with Gasteiger partial charge in [0, 0.05) is 23.3 Å². The number of amides is 2. The van der Waals surface area contributed by atoms with E-state index in [-0.39, 0.29) is 12.3 Å². The molecule has 1 aromatic carbocycles. The Labute approximate surface area is 183 Å². The van der Waals surface area contributed by atoms with Crippen LogP contribution >= 0.6 is 11.3 Å². The summed E-state index contributed by atoms with van der Waals surface area (Å²) in [6, 6.07) is 7.31. The number of hydrogen-bond donors (Lipinski definition) is 2. The molecular weight excluding hydrogens is 416 g/mol. The summed E-state index contributed by atoms with van der Waals surface area (Å²) in [7, 11) is 1.60. The van der Waals surface area contributed by atoms with Gasteiger partial charge in [-0.15, -0.1) is 11.3 Å². The summed E-state index contributed by atoms with van der Waals surface area (Å²) in [5.41, 5.74) is 7.90. The van der Waals surface area contributed by atoms with E-state index in [0.717, 1.165) is 53.9 Å². The number of carbonyl (C=O) groups is 2. The van der Waals surface area contributed by atoms with Gasteiger partial charge in [-0.05, 0) is 55.5 Å². The number of ether oxygens (including phenoxy) is 1. The van der Waals surface area contributed by atoms with Gasteiger partial charge >= 0.3 is 0 Å². The summed E-state index contributed by atoms with van der Waals surface area (Å²) < 4.78 is 10.4. The SMILES string of the molecule is COc1ccc(-c2noc(CCC(=O)Nc3sc4c(c3C(N)=O)CCCCC4)n2)cc1. The number of aromatic nitrogens is 2. The van der Waals surface area contributed by atoms with E-state index in [1.807, 2.05) is 24.3 Å². The molecule has 31 heavy (non-hydrogen) atoms. The van der Waals surface area contributed by atoms with Gasteiger partial charge in [-0.25, -0.2) is 0 Å². The quantitative estimate of drug-likeness (QED) is 0.540. The summed E-state index contributed by atoms with van der Waals surface area (Å²) in [6.45, 7) is 0. The molecule has 0 unspecified atom stereocenters. The van der Waals surface area contributed by atoms with Gasteiger partial charge in [-0.3, -0.25) is 9.59 Å². The molecule has 9 heteroatoms. The molecule has 0 saturated heterocycles. The van der Waals surface area contributed by atoms with E-state index in [2.05, 4.69) is 15.5 Å². The zero-order valence-electron chi connectivity index (χ0n) is 17.3. The van der Waals surface area contributed by atoms with Gasteiger partial charge < -0.3 is 20.3 Å². The minimum atomic E-state index is -0.490. The predicted molar refractivity (Wildman–Crippen MR) is 117 cm³/mol. The topological polar surface area (TPSA) is 120 Å². The standard InChI is InChI=1S/C22H24N4O4S/c1-29-14-9-7-13(8-10-14)21-25-18(30-26-21)12-11-17(27)24-22-19(20(23)28)15-5-3-2-4-6-16(15)31-22/h7-10H,2-6,11-12H2,1H3,(H2,23,28)(H,24,27). The second kappa shape index (κ2) is 9.30. The molecule has 0 radical (unpaired) electrons. The number of thiophene rings is 1. The van der Waals surface area contributed by atoms with Crippen LogP contribution in [0, 0.1) is 0 Å². The van der Waals surface area contributed by atoms with Gasteiger partial charge in [-0.2, -0.15) is 4.98 Å². The number of aryl methyl sites for hydroxylation is 2. The maximum Gasteiger partial charge on any atom is 0.251 e. The number of benzene rings is 1. The number of nitrogens with zero attached hydrogens (tertiary/aromatic N) is 2. The first-order chi connectivity index (χ1) is 15.0. The Balaban J connectivity index is 1.40. The summed E-state index contributed by atoms with van der Waals surface area (Å²) in [4.78, 5) is 30.1. The van der Waals surface area contributed by atoms with E-state index >= 15 is 0 Å². The third-order valence-corrected chi connectivity index (χ3v) is 6.51. The number of nitrogens with two attached hydrogens (primary N) is 1. The van der Waals surface area contributed by atoms with Crippen molar-refractivity contribution in [3.63, 3.8) is 0 Å². The zero-order valence-corrected chi connectivity index (χ0v) is 18.1. The third-order valence-electron chi connectivity index (χ3n) is 5.30. The molecule has 3 N–H and O–H groups in total. The highest BCUT2D eigenvalue weighted by atomic mass is 32.1. The van der Waals surface area contributed by atoms with Crippen molar-refractivity contribution in [1.82, 2.24) is 10.1 Å². The molecule has 162 valence electrons. The zero-order chi connectivity index (χ0) is 21.8. The van der Waals surface area contributed by atoms with Crippen molar-refractivity contribution in [1.29, 1.82) is 0 Å². The number of hydrogen-bond acceptors (Lipinski definition) is 7. The maximum absolute atomic E-state index is 12.5. The van der Waals surface area contributed by atoms with Crippen LogP contribution < -0.4 is 15.8 Å². The normalized spacial score (nSPS) is 13.3. The van der Waals surface area contributed by atoms with Gasteiger partial charge in [0.15, 0.2) is 0 Å². The number of methoxy groups -OCH3 is 1. The van der Waals surface area contributed by atoms with Crippen LogP contribution in [0.3, 0.4) is 0 Å². The second-order valence-electron chi connectivity index (χ2n) is 7.42. The number of carbonyl (C=O) groups excluding carboxylic acids is 2. The lowest BCUT2D eigenvalue weighted by Gasteiger charge is -2.05. The molecule has 4 rings (SSSR count). The summed E-state index contributed by atoms with van der Waals surface area (Å²) in [6.07, 6.45) is 5.47. The van der Waals surface area contributed by atoms with E-state index < -0.39 is 5.91 Å². The molecule has 2 amide bonds. The summed E-state index contributed by atoms with van der Waals surface area (Å²) in [5.74, 6) is 0.860. The number of nitrogens with one attached hydrogen (secondary N) is 1. The predicted octanol–water partition coefficient (Wildman–Crippen LogP) is 3.75. The van der Waals surface area contributed by atoms with Gasteiger partial charge in [0.25, 0.3) is 5.91 Å². The Morgan fingerprint density at radius 2 is 1.97 bits per heavy atom. The summed E-state index contributed by atoms with van der Waals surface area (Å²) in [5, 5.41) is 7.39. The van der Waals surface area contributed by atoms with Crippen LogP contribution in [0.15, 0.2) is 28.8 Å². The highest BCUT2D eigenvalue weighted by Gasteiger charge is 2.24. The molecule has 0 saturated carbocycles. The Bertz CT molecular complexity index is 1090. The van der Waals surface area contributed by atoms with E-state index in [0.29, 0.717) is 28.7 Å². The molecule has 1 aliphatic rings. The fourth-order valence-electron chi connectivity index (χ4n) is 3.71. The van der Waals surface area contributed by atoms with Crippen molar-refractivity contribution in [3.8, 4) is 17.1 Å². The van der Waals surface area contributed by atoms with Crippen LogP contribution in [0.4, 0.5) is 5.00 Å². The highest BCUT2D eigenvalue weighted by Crippen LogP contribution is 2.37. The van der Waals surface area contributed by atoms with Gasteiger partial charge in [0.2, 0.25) is 17.6 Å². The molecule has 0 spiro atoms. The Kier molecular flexibility index (Phi) is 6.31. The molecule has 0 aliphatic heterocycles. The first-order valence-corrected chi connectivity index (χ1v) is 11.1. The molecular formula is C22H24N4O4S. The molecule has 0 atom stereocenters. The number of primary amides is 1. The minimum Gasteiger partial charge on any atom is -0.497 e. The first-order valence-electron chi connectivity index (χ1n) is 10.3. The number of rotatable bonds is 7. The van der Waals surface area contributed by atoms with Crippen molar-refractivity contribution in [2.45, 2.75) is 44.9 Å². The summed E-state index contributed by atoms with van der Waals surface area (Å²) >= 11 is 1.46. The second-order valence-corrected chi connectivity index (χ2v) is 8.53. The van der Waals surface area contributed by atoms with Crippen molar-refractivity contribution in [2.75, 3.05) is 12.4 Å². The lowest BCUT2D eigenvalue weighted by molar-refractivity contribution is -0.116. The average molecular weight is 441 g/mol. The van der Waals surface area contributed by atoms with E-state index in [4.69, 9.17) is 15.0 Å². The monoisotopic (exact) mass is 440 g/mol. The van der Waals surface area contributed by atoms with Crippen molar-refractivity contribution in [2.24, 2.45) is 5.73 Å². The number of fused-ring (bicyclic) bond motifs is 1. The van der Waals surface area contributed by atoms with Gasteiger partial charge in [-0.1, -0.05) is 11.6 Å². The molecule has 0 fully saturated rings. The Morgan fingerprint density at radius 1 is 1.19 bits per heavy atom. The highest BCUT2D eigenvalue weighted by molar-refractivity contribution is 7.17. The Morgan fingerprint density at radius 3 is 2.71 bits per heavy atom. The lowest BCUT2D eigenvalue weighted by atomic mass is 10.1. The van der Waals surface area contributed by atoms with E-state index in [9.17, 15) is 9.59 Å². The van der Waals surface area contributed by atoms with Crippen molar-refractivity contribution in [3.05, 3.63) is 46.2 Å². The molecule has 8 nitrogen and oxygen atoms in total. The minimum absolute atomic E-state index is 0.158. The van der Waals surface area contributed by atoms with Crippen LogP contribution in [0.1, 0.15) is 52.4 Å². The van der Waals surface area contributed by atoms with Crippen LogP contribution in [-0.2, 0) is 24.1 Å². The van der Waals surface area contributed by atoms with Crippen LogP contribution in [-0.4, -0.2) is 29.1 Å². The molecule has 2 aromatic heterocycles. The van der Waals surface area contributed by atoms with Crippen LogP contribution in [0.25, 0.3) is 11.4 Å². The van der Waals surface area contributed by atoms with E-state index in [1.165, 1.54) is 11.3 Å². The Hall–Kier alpha value is -3.20. The fraction of sp³-hybridized carbons (Fsp3) is 0.364. The van der Waals surface area contributed by atoms with Gasteiger partial charge in [0.05, 0.1) is 12.7 Å². The largest absolute Gasteiger partial charge is 0.497 e. The first kappa shape index (κ1) is 21.0. The maximum atomic E-state index is 12.5. The fourth-order valence-corrected chi connectivity index (χ4v) is 5.03. The average Bonchev–Trinajstić information content (AvgIpc) is 3.30. The van der Waals surface area contributed by atoms with Crippen molar-refractivity contribution < 1.29 is 18.8 Å². The van der Waals surface area contributed by atoms with Gasteiger partial charge in [0.1, 0.15) is 10.8 Å². The molecule has 1 aliphatic carbocycles. The smallest absolute Gasteiger partial charge is 0.251 e. The number of anilines is 1. The van der Waals surface area contributed by atoms with Crippen LogP contribution in [0.5, 0.6) is 5.75 Å². The molecule has 0 bridgehead atoms. The van der Waals surface area contributed by atoms with Crippen LogP contribution in [0.2, 0.25) is 0 Å². The van der Waals surface area contributed by atoms with Crippen molar-refractivity contribution >= 4 is 28.2 Å².